The van der Waals surface area contributed by atoms with Gasteiger partial charge in [0.2, 0.25) is 5.71 Å². The van der Waals surface area contributed by atoms with Crippen molar-refractivity contribution >= 4 is 33.7 Å². The standard InChI is InChI=1S/C19H17N5O2/c20-13-5-3-12(4-6-13)17-22-15-14-2-1-7-21-19(14)26-16(15)18(23-17)24-8-10-25-11-9-24/h1-7H,8-11,20H2. The molecule has 7 heteroatoms. The lowest BCUT2D eigenvalue weighted by Gasteiger charge is -2.27. The molecular formula is C19H17N5O2. The monoisotopic (exact) mass is 347 g/mol. The number of pyridine rings is 1. The Labute approximate surface area is 149 Å². The molecule has 0 saturated carbocycles. The first kappa shape index (κ1) is 15.1. The van der Waals surface area contributed by atoms with Crippen molar-refractivity contribution in [2.75, 3.05) is 36.9 Å². The van der Waals surface area contributed by atoms with Gasteiger partial charge in [0.1, 0.15) is 5.52 Å². The van der Waals surface area contributed by atoms with Crippen LogP contribution in [0.3, 0.4) is 0 Å². The quantitative estimate of drug-likeness (QED) is 0.558. The minimum atomic E-state index is 0.570. The number of nitrogen functional groups attached to an aromatic ring is 1. The van der Waals surface area contributed by atoms with E-state index < -0.39 is 0 Å². The van der Waals surface area contributed by atoms with Gasteiger partial charge in [-0.2, -0.15) is 0 Å². The molecule has 1 fully saturated rings. The third kappa shape index (κ3) is 2.44. The number of morpholine rings is 1. The maximum atomic E-state index is 6.01. The highest BCUT2D eigenvalue weighted by molar-refractivity contribution is 6.05. The Morgan fingerprint density at radius 2 is 1.81 bits per heavy atom. The Hall–Kier alpha value is -3.19. The van der Waals surface area contributed by atoms with Crippen LogP contribution in [-0.4, -0.2) is 41.3 Å². The van der Waals surface area contributed by atoms with E-state index in [9.17, 15) is 0 Å². The first-order chi connectivity index (χ1) is 12.8. The highest BCUT2D eigenvalue weighted by Crippen LogP contribution is 2.34. The van der Waals surface area contributed by atoms with E-state index in [2.05, 4.69) is 9.88 Å². The van der Waals surface area contributed by atoms with Crippen LogP contribution in [-0.2, 0) is 4.74 Å². The van der Waals surface area contributed by atoms with Crippen LogP contribution in [0.5, 0.6) is 0 Å². The van der Waals surface area contributed by atoms with Crippen molar-refractivity contribution in [2.24, 2.45) is 0 Å². The minimum absolute atomic E-state index is 0.570. The summed E-state index contributed by atoms with van der Waals surface area (Å²) in [5.74, 6) is 1.42. The van der Waals surface area contributed by atoms with Gasteiger partial charge in [-0.05, 0) is 36.4 Å². The molecule has 130 valence electrons. The summed E-state index contributed by atoms with van der Waals surface area (Å²) < 4.78 is 11.5. The first-order valence-electron chi connectivity index (χ1n) is 8.53. The van der Waals surface area contributed by atoms with Gasteiger partial charge in [0.05, 0.1) is 18.6 Å². The fraction of sp³-hybridized carbons (Fsp3) is 0.211. The van der Waals surface area contributed by atoms with E-state index in [1.807, 2.05) is 36.4 Å². The summed E-state index contributed by atoms with van der Waals surface area (Å²) >= 11 is 0. The lowest BCUT2D eigenvalue weighted by Crippen LogP contribution is -2.37. The smallest absolute Gasteiger partial charge is 0.229 e. The van der Waals surface area contributed by atoms with Gasteiger partial charge in [0.15, 0.2) is 17.2 Å². The van der Waals surface area contributed by atoms with Crippen LogP contribution >= 0.6 is 0 Å². The zero-order valence-corrected chi connectivity index (χ0v) is 14.1. The van der Waals surface area contributed by atoms with Crippen molar-refractivity contribution in [2.45, 2.75) is 0 Å². The SMILES string of the molecule is Nc1ccc(-c2nc(N3CCOCC3)c3oc4ncccc4c3n2)cc1. The number of fused-ring (bicyclic) bond motifs is 3. The molecule has 4 aromatic rings. The number of benzene rings is 1. The van der Waals surface area contributed by atoms with Crippen molar-refractivity contribution in [1.82, 2.24) is 15.0 Å². The van der Waals surface area contributed by atoms with Crippen LogP contribution in [0.1, 0.15) is 0 Å². The minimum Gasteiger partial charge on any atom is -0.432 e. The lowest BCUT2D eigenvalue weighted by atomic mass is 10.2. The van der Waals surface area contributed by atoms with Crippen LogP contribution in [0.15, 0.2) is 47.0 Å². The van der Waals surface area contributed by atoms with Gasteiger partial charge in [0.25, 0.3) is 0 Å². The molecule has 4 heterocycles. The molecule has 3 aromatic heterocycles. The van der Waals surface area contributed by atoms with Gasteiger partial charge < -0.3 is 19.8 Å². The molecule has 2 N–H and O–H groups in total. The number of hydrogen-bond donors (Lipinski definition) is 1. The molecule has 7 nitrogen and oxygen atoms in total. The van der Waals surface area contributed by atoms with Gasteiger partial charge >= 0.3 is 0 Å². The molecule has 0 atom stereocenters. The van der Waals surface area contributed by atoms with E-state index in [4.69, 9.17) is 24.9 Å². The van der Waals surface area contributed by atoms with Gasteiger partial charge in [-0.3, -0.25) is 0 Å². The Morgan fingerprint density at radius 1 is 1.00 bits per heavy atom. The number of nitrogens with two attached hydrogens (primary N) is 1. The highest BCUT2D eigenvalue weighted by atomic mass is 16.5. The summed E-state index contributed by atoms with van der Waals surface area (Å²) in [7, 11) is 0. The van der Waals surface area contributed by atoms with Crippen molar-refractivity contribution in [3.63, 3.8) is 0 Å². The zero-order chi connectivity index (χ0) is 17.5. The lowest BCUT2D eigenvalue weighted by molar-refractivity contribution is 0.122. The predicted octanol–water partition coefficient (Wildman–Crippen LogP) is 2.86. The molecule has 0 spiro atoms. The van der Waals surface area contributed by atoms with Gasteiger partial charge in [0, 0.05) is 30.5 Å². The summed E-state index contributed by atoms with van der Waals surface area (Å²) in [5.41, 5.74) is 9.45. The molecule has 26 heavy (non-hydrogen) atoms. The normalized spacial score (nSPS) is 15.0. The number of furan rings is 1. The van der Waals surface area contributed by atoms with Crippen molar-refractivity contribution < 1.29 is 9.15 Å². The van der Waals surface area contributed by atoms with Crippen LogP contribution in [0.2, 0.25) is 0 Å². The third-order valence-corrected chi connectivity index (χ3v) is 4.55. The first-order valence-corrected chi connectivity index (χ1v) is 8.53. The Morgan fingerprint density at radius 3 is 2.62 bits per heavy atom. The fourth-order valence-corrected chi connectivity index (χ4v) is 3.21. The predicted molar refractivity (Wildman–Crippen MR) is 100.0 cm³/mol. The van der Waals surface area contributed by atoms with E-state index in [1.54, 1.807) is 6.20 Å². The van der Waals surface area contributed by atoms with Crippen LogP contribution in [0, 0.1) is 0 Å². The number of anilines is 2. The van der Waals surface area contributed by atoms with Crippen molar-refractivity contribution in [1.29, 1.82) is 0 Å². The van der Waals surface area contributed by atoms with Gasteiger partial charge in [-0.15, -0.1) is 0 Å². The van der Waals surface area contributed by atoms with Crippen molar-refractivity contribution in [3.8, 4) is 11.4 Å². The van der Waals surface area contributed by atoms with E-state index in [1.165, 1.54) is 0 Å². The van der Waals surface area contributed by atoms with Crippen LogP contribution in [0.4, 0.5) is 11.5 Å². The molecule has 5 rings (SSSR count). The maximum Gasteiger partial charge on any atom is 0.229 e. The van der Waals surface area contributed by atoms with Crippen LogP contribution < -0.4 is 10.6 Å². The average molecular weight is 347 g/mol. The topological polar surface area (TPSA) is 90.3 Å². The average Bonchev–Trinajstić information content (AvgIpc) is 3.07. The number of hydrogen-bond acceptors (Lipinski definition) is 7. The van der Waals surface area contributed by atoms with Gasteiger partial charge in [-0.25, -0.2) is 15.0 Å². The molecule has 0 amide bonds. The molecule has 1 aromatic carbocycles. The largest absolute Gasteiger partial charge is 0.432 e. The third-order valence-electron chi connectivity index (χ3n) is 4.55. The molecule has 1 aliphatic rings. The summed E-state index contributed by atoms with van der Waals surface area (Å²) in [6, 6.07) is 11.4. The second kappa shape index (κ2) is 5.96. The number of rotatable bonds is 2. The molecule has 0 aliphatic carbocycles. The van der Waals surface area contributed by atoms with Crippen molar-refractivity contribution in [3.05, 3.63) is 42.6 Å². The molecule has 0 bridgehead atoms. The molecular weight excluding hydrogens is 330 g/mol. The summed E-state index contributed by atoms with van der Waals surface area (Å²) in [5, 5.41) is 0.885. The molecule has 0 radical (unpaired) electrons. The number of nitrogens with zero attached hydrogens (tertiary/aromatic N) is 4. The van der Waals surface area contributed by atoms with E-state index in [-0.39, 0.29) is 0 Å². The Kier molecular flexibility index (Phi) is 3.46. The maximum absolute atomic E-state index is 6.01. The highest BCUT2D eigenvalue weighted by Gasteiger charge is 2.22. The second-order valence-electron chi connectivity index (χ2n) is 6.23. The fourth-order valence-electron chi connectivity index (χ4n) is 3.21. The molecule has 1 aliphatic heterocycles. The molecule has 0 unspecified atom stereocenters. The second-order valence-corrected chi connectivity index (χ2v) is 6.23. The van der Waals surface area contributed by atoms with Crippen LogP contribution in [0.25, 0.3) is 33.6 Å². The van der Waals surface area contributed by atoms with E-state index in [0.717, 1.165) is 35.4 Å². The van der Waals surface area contributed by atoms with E-state index >= 15 is 0 Å². The zero-order valence-electron chi connectivity index (χ0n) is 14.1. The Balaban J connectivity index is 1.77. The summed E-state index contributed by atoms with van der Waals surface area (Å²) in [6.07, 6.45) is 1.72. The van der Waals surface area contributed by atoms with E-state index in [0.29, 0.717) is 36.0 Å². The summed E-state index contributed by atoms with van der Waals surface area (Å²) in [4.78, 5) is 16.1. The Bertz CT molecular complexity index is 1080. The number of ether oxygens (including phenoxy) is 1. The number of aromatic nitrogens is 3. The summed E-state index contributed by atoms with van der Waals surface area (Å²) in [6.45, 7) is 2.86. The van der Waals surface area contributed by atoms with Gasteiger partial charge in [-0.1, -0.05) is 0 Å². The molecule has 1 saturated heterocycles.